The number of nitrogens with zero attached hydrogens (tertiary/aromatic N) is 1. The number of hydrogen-bond acceptors (Lipinski definition) is 2. The second kappa shape index (κ2) is 7.02. The molecule has 90 valence electrons. The lowest BCUT2D eigenvalue weighted by Gasteiger charge is -2.31. The summed E-state index contributed by atoms with van der Waals surface area (Å²) in [6.07, 6.45) is 4.45. The van der Waals surface area contributed by atoms with Crippen molar-refractivity contribution in [3.63, 3.8) is 0 Å². The molecule has 0 aliphatic carbocycles. The summed E-state index contributed by atoms with van der Waals surface area (Å²) in [5, 5.41) is 3.57. The summed E-state index contributed by atoms with van der Waals surface area (Å²) in [6.45, 7) is 14.7. The average Bonchev–Trinajstić information content (AvgIpc) is 2.11. The quantitative estimate of drug-likeness (QED) is 0.653. The van der Waals surface area contributed by atoms with Crippen LogP contribution in [0.5, 0.6) is 0 Å². The first-order valence-corrected chi connectivity index (χ1v) is 5.97. The lowest BCUT2D eigenvalue weighted by atomic mass is 10.1. The monoisotopic (exact) mass is 212 g/mol. The van der Waals surface area contributed by atoms with Crippen LogP contribution in [-0.2, 0) is 0 Å². The van der Waals surface area contributed by atoms with Gasteiger partial charge in [-0.25, -0.2) is 0 Å². The molecule has 0 saturated heterocycles. The van der Waals surface area contributed by atoms with Gasteiger partial charge < -0.3 is 5.32 Å². The third-order valence-corrected chi connectivity index (χ3v) is 2.53. The van der Waals surface area contributed by atoms with E-state index < -0.39 is 0 Å². The van der Waals surface area contributed by atoms with Crippen LogP contribution < -0.4 is 5.32 Å². The molecule has 15 heavy (non-hydrogen) atoms. The molecule has 0 aromatic heterocycles. The van der Waals surface area contributed by atoms with E-state index in [1.807, 2.05) is 6.08 Å². The third kappa shape index (κ3) is 7.57. The molecule has 0 saturated carbocycles. The topological polar surface area (TPSA) is 15.3 Å². The molecule has 2 nitrogen and oxygen atoms in total. The fourth-order valence-corrected chi connectivity index (χ4v) is 1.59. The van der Waals surface area contributed by atoms with E-state index in [2.05, 4.69) is 51.5 Å². The van der Waals surface area contributed by atoms with Gasteiger partial charge in [0, 0.05) is 24.7 Å². The van der Waals surface area contributed by atoms with Crippen molar-refractivity contribution < 1.29 is 0 Å². The molecule has 0 amide bonds. The Balaban J connectivity index is 4.08. The molecule has 1 atom stereocenters. The minimum atomic E-state index is 0.209. The molecule has 1 unspecified atom stereocenters. The number of nitrogens with one attached hydrogen (secondary N) is 1. The maximum absolute atomic E-state index is 3.79. The van der Waals surface area contributed by atoms with Gasteiger partial charge in [0.15, 0.2) is 0 Å². The molecule has 0 spiro atoms. The van der Waals surface area contributed by atoms with Crippen LogP contribution in [0.1, 0.15) is 40.5 Å². The van der Waals surface area contributed by atoms with E-state index in [-0.39, 0.29) is 5.54 Å². The van der Waals surface area contributed by atoms with Gasteiger partial charge in [0.1, 0.15) is 0 Å². The van der Waals surface area contributed by atoms with Crippen molar-refractivity contribution in [1.82, 2.24) is 10.2 Å². The number of rotatable bonds is 7. The van der Waals surface area contributed by atoms with E-state index >= 15 is 0 Å². The summed E-state index contributed by atoms with van der Waals surface area (Å²) >= 11 is 0. The molecule has 2 heteroatoms. The molecule has 0 aliphatic heterocycles. The first-order chi connectivity index (χ1) is 6.90. The largest absolute Gasteiger partial charge is 0.311 e. The van der Waals surface area contributed by atoms with Gasteiger partial charge in [-0.05, 0) is 34.2 Å². The smallest absolute Gasteiger partial charge is 0.0220 e. The molecule has 0 bridgehead atoms. The number of hydrogen-bond donors (Lipinski definition) is 1. The minimum Gasteiger partial charge on any atom is -0.311 e. The molecule has 1 N–H and O–H groups in total. The van der Waals surface area contributed by atoms with E-state index in [9.17, 15) is 0 Å². The maximum atomic E-state index is 3.79. The molecule has 0 rings (SSSR count). The van der Waals surface area contributed by atoms with E-state index in [0.717, 1.165) is 13.1 Å². The molecule has 0 fully saturated rings. The fraction of sp³-hybridized carbons (Fsp3) is 0.846. The minimum absolute atomic E-state index is 0.209. The Hall–Kier alpha value is -0.340. The van der Waals surface area contributed by atoms with Crippen molar-refractivity contribution >= 4 is 0 Å². The van der Waals surface area contributed by atoms with E-state index in [1.165, 1.54) is 12.8 Å². The highest BCUT2D eigenvalue weighted by Gasteiger charge is 2.16. The Kier molecular flexibility index (Phi) is 6.86. The molecule has 0 aromatic carbocycles. The van der Waals surface area contributed by atoms with Crippen LogP contribution in [0.15, 0.2) is 12.7 Å². The highest BCUT2D eigenvalue weighted by molar-refractivity contribution is 4.81. The van der Waals surface area contributed by atoms with Crippen molar-refractivity contribution in [3.05, 3.63) is 12.7 Å². The Morgan fingerprint density at radius 1 is 1.40 bits per heavy atom. The normalized spacial score (nSPS) is 14.3. The predicted octanol–water partition coefficient (Wildman–Crippen LogP) is 2.66. The van der Waals surface area contributed by atoms with Crippen LogP contribution in [0.25, 0.3) is 0 Å². The first kappa shape index (κ1) is 14.7. The van der Waals surface area contributed by atoms with Gasteiger partial charge in [-0.15, -0.1) is 6.58 Å². The van der Waals surface area contributed by atoms with Gasteiger partial charge in [-0.2, -0.15) is 0 Å². The summed E-state index contributed by atoms with van der Waals surface area (Å²) in [5.41, 5.74) is 0.209. The van der Waals surface area contributed by atoms with E-state index in [4.69, 9.17) is 0 Å². The second-order valence-electron chi connectivity index (χ2n) is 5.30. The van der Waals surface area contributed by atoms with Crippen LogP contribution in [0, 0.1) is 0 Å². The summed E-state index contributed by atoms with van der Waals surface area (Å²) < 4.78 is 0. The van der Waals surface area contributed by atoms with Crippen LogP contribution in [0.4, 0.5) is 0 Å². The Labute approximate surface area is 95.7 Å². The zero-order valence-electron chi connectivity index (χ0n) is 11.1. The lowest BCUT2D eigenvalue weighted by Crippen LogP contribution is -2.46. The zero-order chi connectivity index (χ0) is 11.9. The summed E-state index contributed by atoms with van der Waals surface area (Å²) in [7, 11) is 2.17. The van der Waals surface area contributed by atoms with Crippen molar-refractivity contribution in [3.8, 4) is 0 Å². The molecular formula is C13H28N2. The SMILES string of the molecule is C=CCN(C)C(CCC)CNC(C)(C)C. The van der Waals surface area contributed by atoms with Crippen molar-refractivity contribution in [1.29, 1.82) is 0 Å². The lowest BCUT2D eigenvalue weighted by molar-refractivity contribution is 0.228. The van der Waals surface area contributed by atoms with Gasteiger partial charge in [0.05, 0.1) is 0 Å². The fourth-order valence-electron chi connectivity index (χ4n) is 1.59. The predicted molar refractivity (Wildman–Crippen MR) is 69.3 cm³/mol. The zero-order valence-corrected chi connectivity index (χ0v) is 11.1. The second-order valence-corrected chi connectivity index (χ2v) is 5.30. The van der Waals surface area contributed by atoms with Crippen molar-refractivity contribution in [2.45, 2.75) is 52.1 Å². The van der Waals surface area contributed by atoms with Gasteiger partial charge >= 0.3 is 0 Å². The molecule has 0 heterocycles. The number of likely N-dealkylation sites (N-methyl/N-ethyl adjacent to an activating group) is 1. The van der Waals surface area contributed by atoms with Gasteiger partial charge in [0.25, 0.3) is 0 Å². The van der Waals surface area contributed by atoms with Crippen LogP contribution in [0.2, 0.25) is 0 Å². The van der Waals surface area contributed by atoms with Crippen LogP contribution in [-0.4, -0.2) is 36.6 Å². The maximum Gasteiger partial charge on any atom is 0.0220 e. The highest BCUT2D eigenvalue weighted by Crippen LogP contribution is 2.06. The molecule has 0 aliphatic rings. The standard InChI is InChI=1S/C13H28N2/c1-7-9-12(15(6)10-8-2)11-14-13(3,4)5/h8,12,14H,2,7,9-11H2,1,3-6H3. The summed E-state index contributed by atoms with van der Waals surface area (Å²) in [4.78, 5) is 2.37. The highest BCUT2D eigenvalue weighted by atomic mass is 15.1. The molecular weight excluding hydrogens is 184 g/mol. The Morgan fingerprint density at radius 3 is 2.40 bits per heavy atom. The Bertz CT molecular complexity index is 170. The first-order valence-electron chi connectivity index (χ1n) is 5.97. The summed E-state index contributed by atoms with van der Waals surface area (Å²) in [6, 6.07) is 0.618. The van der Waals surface area contributed by atoms with Gasteiger partial charge in [-0.1, -0.05) is 19.4 Å². The van der Waals surface area contributed by atoms with E-state index in [0.29, 0.717) is 6.04 Å². The van der Waals surface area contributed by atoms with Crippen LogP contribution >= 0.6 is 0 Å². The Morgan fingerprint density at radius 2 is 2.00 bits per heavy atom. The van der Waals surface area contributed by atoms with Crippen molar-refractivity contribution in [2.24, 2.45) is 0 Å². The van der Waals surface area contributed by atoms with E-state index in [1.54, 1.807) is 0 Å². The molecule has 0 aromatic rings. The van der Waals surface area contributed by atoms with Gasteiger partial charge in [0.2, 0.25) is 0 Å². The van der Waals surface area contributed by atoms with Crippen molar-refractivity contribution in [2.75, 3.05) is 20.1 Å². The summed E-state index contributed by atoms with van der Waals surface area (Å²) in [5.74, 6) is 0. The average molecular weight is 212 g/mol. The molecule has 0 radical (unpaired) electrons. The third-order valence-electron chi connectivity index (χ3n) is 2.53. The van der Waals surface area contributed by atoms with Crippen LogP contribution in [0.3, 0.4) is 0 Å². The van der Waals surface area contributed by atoms with Gasteiger partial charge in [-0.3, -0.25) is 4.90 Å².